The Balaban J connectivity index is 0. The van der Waals surface area contributed by atoms with Gasteiger partial charge in [-0.1, -0.05) is 6.92 Å². The van der Waals surface area contributed by atoms with Crippen LogP contribution < -0.4 is 0 Å². The van der Waals surface area contributed by atoms with Crippen molar-refractivity contribution in [1.29, 1.82) is 0 Å². The summed E-state index contributed by atoms with van der Waals surface area (Å²) in [7, 11) is -1.59. The van der Waals surface area contributed by atoms with Crippen molar-refractivity contribution in [2.24, 2.45) is 0 Å². The van der Waals surface area contributed by atoms with Gasteiger partial charge in [0, 0.05) is 6.42 Å². The van der Waals surface area contributed by atoms with Crippen molar-refractivity contribution in [3.05, 3.63) is 0 Å². The molecule has 0 atom stereocenters. The van der Waals surface area contributed by atoms with Crippen molar-refractivity contribution in [2.45, 2.75) is 46.8 Å². The first-order valence-corrected chi connectivity index (χ1v) is 7.79. The minimum Gasteiger partial charge on any atom is -0.520 e. The van der Waals surface area contributed by atoms with Gasteiger partial charge in [-0.2, -0.15) is 0 Å². The average Bonchev–Trinajstić information content (AvgIpc) is 1.82. The van der Waals surface area contributed by atoms with Gasteiger partial charge in [0.1, 0.15) is 5.78 Å². The van der Waals surface area contributed by atoms with E-state index in [1.165, 1.54) is 13.8 Å². The van der Waals surface area contributed by atoms with E-state index < -0.39 is 8.32 Å². The van der Waals surface area contributed by atoms with E-state index in [1.54, 1.807) is 0 Å². The van der Waals surface area contributed by atoms with Gasteiger partial charge in [0.2, 0.25) is 8.32 Å². The van der Waals surface area contributed by atoms with Crippen LogP contribution in [-0.4, -0.2) is 20.1 Å². The lowest BCUT2D eigenvalue weighted by Crippen LogP contribution is -2.28. The van der Waals surface area contributed by atoms with Gasteiger partial charge in [-0.15, -0.1) is 0 Å². The standard InChI is InChI=1S/C6H14O2Si.C3H6O/c1-5-6(7)8-9(2,3)4;1-3(2)4/h5H2,1-4H3;1-2H3. The maximum absolute atomic E-state index is 10.6. The van der Waals surface area contributed by atoms with Crippen molar-refractivity contribution in [3.63, 3.8) is 0 Å². The Kier molecular flexibility index (Phi) is 7.80. The number of ketones is 1. The van der Waals surface area contributed by atoms with Crippen LogP contribution in [-0.2, 0) is 14.0 Å². The van der Waals surface area contributed by atoms with Gasteiger partial charge >= 0.3 is 0 Å². The fourth-order valence-corrected chi connectivity index (χ4v) is 1.24. The highest BCUT2D eigenvalue weighted by atomic mass is 28.4. The highest BCUT2D eigenvalue weighted by Crippen LogP contribution is 2.03. The molecule has 0 saturated heterocycles. The molecule has 0 aliphatic carbocycles. The monoisotopic (exact) mass is 204 g/mol. The molecule has 0 unspecified atom stereocenters. The second-order valence-electron chi connectivity index (χ2n) is 3.85. The molecular weight excluding hydrogens is 184 g/mol. The molecule has 0 aliphatic heterocycles. The van der Waals surface area contributed by atoms with Crippen LogP contribution in [0.5, 0.6) is 0 Å². The summed E-state index contributed by atoms with van der Waals surface area (Å²) >= 11 is 0. The number of rotatable bonds is 2. The first-order valence-electron chi connectivity index (χ1n) is 4.38. The van der Waals surface area contributed by atoms with Crippen LogP contribution in [0.25, 0.3) is 0 Å². The second-order valence-corrected chi connectivity index (χ2v) is 8.28. The first-order chi connectivity index (χ1) is 5.69. The molecule has 0 aliphatic rings. The Labute approximate surface area is 81.6 Å². The van der Waals surface area contributed by atoms with E-state index in [4.69, 9.17) is 4.43 Å². The van der Waals surface area contributed by atoms with Gasteiger partial charge in [-0.05, 0) is 33.5 Å². The Bertz CT molecular complexity index is 166. The number of Topliss-reactive ketones (excluding diaryl/α,β-unsaturated/α-hetero) is 1. The Morgan fingerprint density at radius 3 is 1.54 bits per heavy atom. The Morgan fingerprint density at radius 2 is 1.46 bits per heavy atom. The van der Waals surface area contributed by atoms with Crippen LogP contribution in [0, 0.1) is 0 Å². The topological polar surface area (TPSA) is 43.4 Å². The van der Waals surface area contributed by atoms with Crippen LogP contribution >= 0.6 is 0 Å². The molecule has 0 amide bonds. The molecule has 78 valence electrons. The number of carbonyl (C=O) groups is 2. The fraction of sp³-hybridized carbons (Fsp3) is 0.778. The largest absolute Gasteiger partial charge is 0.520 e. The SMILES string of the molecule is CC(C)=O.CCC(=O)O[Si](C)(C)C. The van der Waals surface area contributed by atoms with Crippen LogP contribution in [0.1, 0.15) is 27.2 Å². The zero-order valence-corrected chi connectivity index (χ0v) is 10.4. The Morgan fingerprint density at radius 1 is 1.15 bits per heavy atom. The van der Waals surface area contributed by atoms with Gasteiger partial charge in [0.05, 0.1) is 0 Å². The molecule has 0 spiro atoms. The third kappa shape index (κ3) is 24.6. The lowest BCUT2D eigenvalue weighted by atomic mass is 10.5. The lowest BCUT2D eigenvalue weighted by Gasteiger charge is -2.15. The summed E-state index contributed by atoms with van der Waals surface area (Å²) < 4.78 is 5.09. The third-order valence-corrected chi connectivity index (χ3v) is 1.55. The fourth-order valence-electron chi connectivity index (χ4n) is 0.414. The molecule has 0 saturated carbocycles. The van der Waals surface area contributed by atoms with Crippen molar-refractivity contribution < 1.29 is 14.0 Å². The quantitative estimate of drug-likeness (QED) is 0.649. The van der Waals surface area contributed by atoms with Crippen molar-refractivity contribution in [1.82, 2.24) is 0 Å². The van der Waals surface area contributed by atoms with Crippen molar-refractivity contribution in [2.75, 3.05) is 0 Å². The van der Waals surface area contributed by atoms with Crippen LogP contribution in [0.3, 0.4) is 0 Å². The summed E-state index contributed by atoms with van der Waals surface area (Å²) in [6.45, 7) is 10.9. The Hall–Kier alpha value is -0.643. The molecule has 0 fully saturated rings. The summed E-state index contributed by atoms with van der Waals surface area (Å²) in [5.41, 5.74) is 0. The third-order valence-electron chi connectivity index (χ3n) is 0.709. The van der Waals surface area contributed by atoms with Crippen LogP contribution in [0.15, 0.2) is 0 Å². The van der Waals surface area contributed by atoms with E-state index >= 15 is 0 Å². The molecule has 0 N–H and O–H groups in total. The molecule has 13 heavy (non-hydrogen) atoms. The van der Waals surface area contributed by atoms with E-state index in [9.17, 15) is 9.59 Å². The molecule has 4 heteroatoms. The number of hydrogen-bond acceptors (Lipinski definition) is 3. The van der Waals surface area contributed by atoms with E-state index in [0.717, 1.165) is 0 Å². The van der Waals surface area contributed by atoms with Gasteiger partial charge in [0.15, 0.2) is 0 Å². The molecule has 0 aromatic rings. The van der Waals surface area contributed by atoms with E-state index in [1.807, 2.05) is 26.6 Å². The van der Waals surface area contributed by atoms with Gasteiger partial charge in [0.25, 0.3) is 5.97 Å². The second kappa shape index (κ2) is 6.83. The first kappa shape index (κ1) is 14.9. The summed E-state index contributed by atoms with van der Waals surface area (Å²) in [5, 5.41) is 0. The van der Waals surface area contributed by atoms with E-state index in [-0.39, 0.29) is 11.8 Å². The van der Waals surface area contributed by atoms with E-state index in [2.05, 4.69) is 0 Å². The smallest absolute Gasteiger partial charge is 0.292 e. The van der Waals surface area contributed by atoms with Gasteiger partial charge in [-0.25, -0.2) is 0 Å². The van der Waals surface area contributed by atoms with Gasteiger partial charge < -0.3 is 9.22 Å². The summed E-state index contributed by atoms with van der Waals surface area (Å²) in [4.78, 5) is 20.1. The lowest BCUT2D eigenvalue weighted by molar-refractivity contribution is -0.134. The van der Waals surface area contributed by atoms with Gasteiger partial charge in [-0.3, -0.25) is 4.79 Å². The maximum atomic E-state index is 10.6. The average molecular weight is 204 g/mol. The molecule has 0 rings (SSSR count). The summed E-state index contributed by atoms with van der Waals surface area (Å²) in [5.74, 6) is 0.0918. The molecule has 0 aromatic heterocycles. The number of carbonyl (C=O) groups excluding carboxylic acids is 2. The normalized spacial score (nSPS) is 9.69. The van der Waals surface area contributed by atoms with Crippen molar-refractivity contribution in [3.8, 4) is 0 Å². The molecule has 3 nitrogen and oxygen atoms in total. The molecular formula is C9H20O3Si. The highest BCUT2D eigenvalue weighted by Gasteiger charge is 2.18. The maximum Gasteiger partial charge on any atom is 0.292 e. The molecule has 0 bridgehead atoms. The van der Waals surface area contributed by atoms with Crippen LogP contribution in [0.2, 0.25) is 19.6 Å². The van der Waals surface area contributed by atoms with Crippen LogP contribution in [0.4, 0.5) is 0 Å². The predicted octanol–water partition coefficient (Wildman–Crippen LogP) is 2.37. The summed E-state index contributed by atoms with van der Waals surface area (Å²) in [6, 6.07) is 0. The minimum atomic E-state index is -1.59. The zero-order valence-electron chi connectivity index (χ0n) is 9.43. The minimum absolute atomic E-state index is 0.0748. The molecule has 0 radical (unpaired) electrons. The summed E-state index contributed by atoms with van der Waals surface area (Å²) in [6.07, 6.45) is 0.490. The number of hydrogen-bond donors (Lipinski definition) is 0. The molecule has 0 aromatic carbocycles. The predicted molar refractivity (Wildman–Crippen MR) is 56.1 cm³/mol. The van der Waals surface area contributed by atoms with E-state index in [0.29, 0.717) is 6.42 Å². The molecule has 0 heterocycles. The highest BCUT2D eigenvalue weighted by molar-refractivity contribution is 6.71. The van der Waals surface area contributed by atoms with Crippen molar-refractivity contribution >= 4 is 20.1 Å². The zero-order chi connectivity index (χ0) is 11.1.